The van der Waals surface area contributed by atoms with Gasteiger partial charge in [0.1, 0.15) is 0 Å². The molecule has 0 fully saturated rings. The van der Waals surface area contributed by atoms with E-state index in [4.69, 9.17) is 11.6 Å². The molecular formula is C10H14ClNO. The van der Waals surface area contributed by atoms with Gasteiger partial charge in [-0.05, 0) is 31.4 Å². The Kier molecular flexibility index (Phi) is 4.19. The van der Waals surface area contributed by atoms with Crippen molar-refractivity contribution in [1.29, 1.82) is 0 Å². The molecule has 0 saturated carbocycles. The first-order valence-corrected chi connectivity index (χ1v) is 4.91. The SMILES string of the molecule is Cc1ccc(CC[C@H](O)CCl)nc1. The molecule has 0 unspecified atom stereocenters. The van der Waals surface area contributed by atoms with Crippen molar-refractivity contribution >= 4 is 11.6 Å². The first-order valence-electron chi connectivity index (χ1n) is 4.38. The number of aliphatic hydroxyl groups is 1. The van der Waals surface area contributed by atoms with E-state index in [1.807, 2.05) is 25.3 Å². The molecular weight excluding hydrogens is 186 g/mol. The summed E-state index contributed by atoms with van der Waals surface area (Å²) in [5.41, 5.74) is 2.16. The van der Waals surface area contributed by atoms with E-state index in [1.165, 1.54) is 0 Å². The molecule has 72 valence electrons. The lowest BCUT2D eigenvalue weighted by Gasteiger charge is -2.05. The quantitative estimate of drug-likeness (QED) is 0.752. The Morgan fingerprint density at radius 3 is 2.85 bits per heavy atom. The Morgan fingerprint density at radius 2 is 2.31 bits per heavy atom. The van der Waals surface area contributed by atoms with Gasteiger partial charge in [0.15, 0.2) is 0 Å². The maximum absolute atomic E-state index is 9.21. The van der Waals surface area contributed by atoms with E-state index in [1.54, 1.807) is 0 Å². The summed E-state index contributed by atoms with van der Waals surface area (Å²) in [6, 6.07) is 4.01. The van der Waals surface area contributed by atoms with Gasteiger partial charge < -0.3 is 5.11 Å². The Balaban J connectivity index is 2.41. The van der Waals surface area contributed by atoms with E-state index in [-0.39, 0.29) is 0 Å². The van der Waals surface area contributed by atoms with Crippen molar-refractivity contribution in [3.05, 3.63) is 29.6 Å². The molecule has 1 N–H and O–H groups in total. The molecule has 1 aromatic heterocycles. The zero-order chi connectivity index (χ0) is 9.68. The average Bonchev–Trinajstić information content (AvgIpc) is 2.16. The molecule has 2 nitrogen and oxygen atoms in total. The van der Waals surface area contributed by atoms with Crippen molar-refractivity contribution in [2.24, 2.45) is 0 Å². The fraction of sp³-hybridized carbons (Fsp3) is 0.500. The number of aromatic nitrogens is 1. The number of hydrogen-bond acceptors (Lipinski definition) is 2. The molecule has 0 saturated heterocycles. The molecule has 0 aliphatic heterocycles. The summed E-state index contributed by atoms with van der Waals surface area (Å²) in [7, 11) is 0. The third-order valence-electron chi connectivity index (χ3n) is 1.88. The van der Waals surface area contributed by atoms with E-state index in [2.05, 4.69) is 4.98 Å². The summed E-state index contributed by atoms with van der Waals surface area (Å²) < 4.78 is 0. The second kappa shape index (κ2) is 5.20. The lowest BCUT2D eigenvalue weighted by atomic mass is 10.1. The largest absolute Gasteiger partial charge is 0.392 e. The molecule has 0 aliphatic carbocycles. The molecule has 0 spiro atoms. The number of halogens is 1. The van der Waals surface area contributed by atoms with Gasteiger partial charge in [-0.25, -0.2) is 0 Å². The first kappa shape index (κ1) is 10.5. The van der Waals surface area contributed by atoms with Crippen LogP contribution in [0.25, 0.3) is 0 Å². The van der Waals surface area contributed by atoms with Gasteiger partial charge in [0.05, 0.1) is 6.10 Å². The lowest BCUT2D eigenvalue weighted by Crippen LogP contribution is -2.09. The molecule has 1 atom stereocenters. The highest BCUT2D eigenvalue weighted by atomic mass is 35.5. The minimum atomic E-state index is -0.412. The van der Waals surface area contributed by atoms with Crippen LogP contribution in [0, 0.1) is 6.92 Å². The zero-order valence-electron chi connectivity index (χ0n) is 7.70. The number of pyridine rings is 1. The Bertz CT molecular complexity index is 248. The fourth-order valence-electron chi connectivity index (χ4n) is 1.04. The van der Waals surface area contributed by atoms with Gasteiger partial charge in [0.25, 0.3) is 0 Å². The van der Waals surface area contributed by atoms with Crippen LogP contribution >= 0.6 is 11.6 Å². The van der Waals surface area contributed by atoms with Gasteiger partial charge >= 0.3 is 0 Å². The monoisotopic (exact) mass is 199 g/mol. The fourth-order valence-corrected chi connectivity index (χ4v) is 1.19. The van der Waals surface area contributed by atoms with E-state index in [9.17, 15) is 5.11 Å². The third kappa shape index (κ3) is 3.75. The van der Waals surface area contributed by atoms with Crippen LogP contribution in [-0.4, -0.2) is 22.1 Å². The van der Waals surface area contributed by atoms with Crippen molar-refractivity contribution in [1.82, 2.24) is 4.98 Å². The van der Waals surface area contributed by atoms with Crippen molar-refractivity contribution in [2.75, 3.05) is 5.88 Å². The molecule has 0 aromatic carbocycles. The zero-order valence-corrected chi connectivity index (χ0v) is 8.46. The van der Waals surface area contributed by atoms with Crippen LogP contribution in [0.15, 0.2) is 18.3 Å². The Morgan fingerprint density at radius 1 is 1.54 bits per heavy atom. The van der Waals surface area contributed by atoms with Crippen LogP contribution in [0.2, 0.25) is 0 Å². The molecule has 3 heteroatoms. The standard InChI is InChI=1S/C10H14ClNO/c1-8-2-3-9(12-7-8)4-5-10(13)6-11/h2-3,7,10,13H,4-6H2,1H3/t10-/m0/s1. The summed E-state index contributed by atoms with van der Waals surface area (Å²) in [4.78, 5) is 4.23. The van der Waals surface area contributed by atoms with Crippen molar-refractivity contribution in [3.63, 3.8) is 0 Å². The third-order valence-corrected chi connectivity index (χ3v) is 2.24. The second-order valence-electron chi connectivity index (χ2n) is 3.17. The molecule has 13 heavy (non-hydrogen) atoms. The Hall–Kier alpha value is -0.600. The van der Waals surface area contributed by atoms with E-state index in [0.717, 1.165) is 17.7 Å². The number of hydrogen-bond donors (Lipinski definition) is 1. The predicted octanol–water partition coefficient (Wildman–Crippen LogP) is 1.92. The lowest BCUT2D eigenvalue weighted by molar-refractivity contribution is 0.188. The van der Waals surface area contributed by atoms with Crippen LogP contribution in [0.3, 0.4) is 0 Å². The normalized spacial score (nSPS) is 12.8. The number of nitrogens with zero attached hydrogens (tertiary/aromatic N) is 1. The highest BCUT2D eigenvalue weighted by molar-refractivity contribution is 6.18. The number of aryl methyl sites for hydroxylation is 2. The molecule has 0 radical (unpaired) electrons. The van der Waals surface area contributed by atoms with Gasteiger partial charge in [-0.3, -0.25) is 4.98 Å². The predicted molar refractivity (Wildman–Crippen MR) is 54.0 cm³/mol. The van der Waals surface area contributed by atoms with Gasteiger partial charge in [-0.15, -0.1) is 11.6 Å². The smallest absolute Gasteiger partial charge is 0.0679 e. The van der Waals surface area contributed by atoms with Gasteiger partial charge in [-0.2, -0.15) is 0 Å². The van der Waals surface area contributed by atoms with Gasteiger partial charge in [0.2, 0.25) is 0 Å². The topological polar surface area (TPSA) is 33.1 Å². The minimum absolute atomic E-state index is 0.297. The van der Waals surface area contributed by atoms with Crippen molar-refractivity contribution < 1.29 is 5.11 Å². The van der Waals surface area contributed by atoms with Gasteiger partial charge in [-0.1, -0.05) is 6.07 Å². The summed E-state index contributed by atoms with van der Waals surface area (Å²) >= 11 is 5.47. The van der Waals surface area contributed by atoms with Crippen LogP contribution in [0.4, 0.5) is 0 Å². The molecule has 1 heterocycles. The maximum atomic E-state index is 9.21. The molecule has 1 aromatic rings. The van der Waals surface area contributed by atoms with E-state index < -0.39 is 6.10 Å². The molecule has 0 aliphatic rings. The second-order valence-corrected chi connectivity index (χ2v) is 3.48. The van der Waals surface area contributed by atoms with Crippen LogP contribution < -0.4 is 0 Å². The minimum Gasteiger partial charge on any atom is -0.392 e. The van der Waals surface area contributed by atoms with E-state index in [0.29, 0.717) is 12.3 Å². The highest BCUT2D eigenvalue weighted by Gasteiger charge is 2.02. The molecule has 0 amide bonds. The van der Waals surface area contributed by atoms with Crippen LogP contribution in [-0.2, 0) is 6.42 Å². The highest BCUT2D eigenvalue weighted by Crippen LogP contribution is 2.04. The maximum Gasteiger partial charge on any atom is 0.0679 e. The number of alkyl halides is 1. The average molecular weight is 200 g/mol. The van der Waals surface area contributed by atoms with Crippen LogP contribution in [0.5, 0.6) is 0 Å². The summed E-state index contributed by atoms with van der Waals surface area (Å²) in [6.07, 6.45) is 2.89. The number of rotatable bonds is 4. The molecule has 0 bridgehead atoms. The summed E-state index contributed by atoms with van der Waals surface area (Å²) in [5.74, 6) is 0.297. The summed E-state index contributed by atoms with van der Waals surface area (Å²) in [6.45, 7) is 2.00. The van der Waals surface area contributed by atoms with Crippen molar-refractivity contribution in [2.45, 2.75) is 25.9 Å². The van der Waals surface area contributed by atoms with Crippen molar-refractivity contribution in [3.8, 4) is 0 Å². The van der Waals surface area contributed by atoms with Crippen LogP contribution in [0.1, 0.15) is 17.7 Å². The first-order chi connectivity index (χ1) is 6.22. The Labute approximate surface area is 83.6 Å². The summed E-state index contributed by atoms with van der Waals surface area (Å²) in [5, 5.41) is 9.21. The van der Waals surface area contributed by atoms with E-state index >= 15 is 0 Å². The molecule has 1 rings (SSSR count). The number of aliphatic hydroxyl groups excluding tert-OH is 1. The van der Waals surface area contributed by atoms with Gasteiger partial charge in [0, 0.05) is 17.8 Å².